The third kappa shape index (κ3) is 5.02. The van der Waals surface area contributed by atoms with E-state index in [1.54, 1.807) is 10.9 Å². The molecule has 2 heterocycles. The summed E-state index contributed by atoms with van der Waals surface area (Å²) in [5.74, 6) is 0. The van der Waals surface area contributed by atoms with Gasteiger partial charge in [-0.15, -0.1) is 0 Å². The minimum Gasteiger partial charge on any atom is -0.371 e. The quantitative estimate of drug-likeness (QED) is 0.821. The number of aromatic nitrogens is 2. The van der Waals surface area contributed by atoms with Crippen LogP contribution in [0.5, 0.6) is 0 Å². The first-order valence-corrected chi connectivity index (χ1v) is 8.00. The molecule has 1 aliphatic heterocycles. The minimum absolute atomic E-state index is 0.00631. The van der Waals surface area contributed by atoms with E-state index < -0.39 is 0 Å². The molecule has 6 nitrogen and oxygen atoms in total. The SMILES string of the molecule is Cn1cc([C@H]2OCC[C@@H]2NC(=O)NCCCC(C)(C)C)cn1. The summed E-state index contributed by atoms with van der Waals surface area (Å²) in [4.78, 5) is 12.0. The molecule has 0 spiro atoms. The smallest absolute Gasteiger partial charge is 0.315 e. The van der Waals surface area contributed by atoms with Crippen molar-refractivity contribution in [1.29, 1.82) is 0 Å². The van der Waals surface area contributed by atoms with Crippen LogP contribution in [0.2, 0.25) is 0 Å². The number of nitrogens with zero attached hydrogens (tertiary/aromatic N) is 2. The Morgan fingerprint density at radius 2 is 2.27 bits per heavy atom. The molecular weight excluding hydrogens is 280 g/mol. The number of hydrogen-bond donors (Lipinski definition) is 2. The lowest BCUT2D eigenvalue weighted by Gasteiger charge is -2.20. The van der Waals surface area contributed by atoms with E-state index in [2.05, 4.69) is 36.5 Å². The number of carbonyl (C=O) groups excluding carboxylic acids is 1. The molecule has 0 bridgehead atoms. The van der Waals surface area contributed by atoms with E-state index in [4.69, 9.17) is 4.74 Å². The van der Waals surface area contributed by atoms with Crippen LogP contribution in [0.3, 0.4) is 0 Å². The van der Waals surface area contributed by atoms with Crippen LogP contribution in [-0.2, 0) is 11.8 Å². The molecule has 1 aromatic heterocycles. The predicted molar refractivity (Wildman–Crippen MR) is 85.5 cm³/mol. The number of ether oxygens (including phenoxy) is 1. The highest BCUT2D eigenvalue weighted by molar-refractivity contribution is 5.74. The second kappa shape index (κ2) is 7.13. The Morgan fingerprint density at radius 3 is 2.91 bits per heavy atom. The molecule has 0 aliphatic carbocycles. The van der Waals surface area contributed by atoms with E-state index in [9.17, 15) is 4.79 Å². The van der Waals surface area contributed by atoms with Gasteiger partial charge < -0.3 is 15.4 Å². The van der Waals surface area contributed by atoms with Crippen molar-refractivity contribution in [2.24, 2.45) is 12.5 Å². The van der Waals surface area contributed by atoms with E-state index in [1.165, 1.54) is 0 Å². The van der Waals surface area contributed by atoms with Gasteiger partial charge in [0.1, 0.15) is 6.10 Å². The van der Waals surface area contributed by atoms with E-state index in [0.29, 0.717) is 18.6 Å². The fourth-order valence-corrected chi connectivity index (χ4v) is 2.69. The summed E-state index contributed by atoms with van der Waals surface area (Å²) >= 11 is 0. The van der Waals surface area contributed by atoms with Crippen LogP contribution in [0.4, 0.5) is 4.79 Å². The highest BCUT2D eigenvalue weighted by Gasteiger charge is 2.31. The first-order chi connectivity index (χ1) is 10.3. The van der Waals surface area contributed by atoms with E-state index in [-0.39, 0.29) is 18.2 Å². The molecule has 0 radical (unpaired) electrons. The molecule has 2 atom stereocenters. The second-order valence-corrected chi connectivity index (χ2v) is 7.20. The molecule has 6 heteroatoms. The zero-order valence-corrected chi connectivity index (χ0v) is 14.1. The highest BCUT2D eigenvalue weighted by Crippen LogP contribution is 2.28. The third-order valence-corrected chi connectivity index (χ3v) is 3.85. The zero-order valence-electron chi connectivity index (χ0n) is 14.1. The van der Waals surface area contributed by atoms with Gasteiger partial charge in [0.2, 0.25) is 0 Å². The predicted octanol–water partition coefficient (Wildman–Crippen LogP) is 2.38. The van der Waals surface area contributed by atoms with Gasteiger partial charge >= 0.3 is 6.03 Å². The maximum atomic E-state index is 12.0. The van der Waals surface area contributed by atoms with Crippen molar-refractivity contribution in [3.63, 3.8) is 0 Å². The Balaban J connectivity index is 1.76. The van der Waals surface area contributed by atoms with Gasteiger partial charge in [-0.05, 0) is 24.7 Å². The van der Waals surface area contributed by atoms with Crippen molar-refractivity contribution >= 4 is 6.03 Å². The number of aryl methyl sites for hydroxylation is 1. The average molecular weight is 308 g/mol. The lowest BCUT2D eigenvalue weighted by atomic mass is 9.91. The summed E-state index contributed by atoms with van der Waals surface area (Å²) < 4.78 is 7.49. The van der Waals surface area contributed by atoms with Crippen molar-refractivity contribution in [3.05, 3.63) is 18.0 Å². The molecule has 1 aromatic rings. The first-order valence-electron chi connectivity index (χ1n) is 8.00. The molecule has 124 valence electrons. The van der Waals surface area contributed by atoms with Crippen LogP contribution >= 0.6 is 0 Å². The third-order valence-electron chi connectivity index (χ3n) is 3.85. The maximum absolute atomic E-state index is 12.0. The summed E-state index contributed by atoms with van der Waals surface area (Å²) in [6.45, 7) is 7.99. The van der Waals surface area contributed by atoms with Crippen molar-refractivity contribution < 1.29 is 9.53 Å². The van der Waals surface area contributed by atoms with Crippen LogP contribution in [0.15, 0.2) is 12.4 Å². The first kappa shape index (κ1) is 16.8. The number of nitrogens with one attached hydrogen (secondary N) is 2. The Morgan fingerprint density at radius 1 is 1.50 bits per heavy atom. The molecule has 0 saturated carbocycles. The van der Waals surface area contributed by atoms with Gasteiger partial charge in [0.05, 0.1) is 12.2 Å². The van der Waals surface area contributed by atoms with Crippen molar-refractivity contribution in [2.45, 2.75) is 52.2 Å². The van der Waals surface area contributed by atoms with Crippen LogP contribution in [0.1, 0.15) is 51.7 Å². The molecule has 2 rings (SSSR count). The summed E-state index contributed by atoms with van der Waals surface area (Å²) in [7, 11) is 1.88. The van der Waals surface area contributed by atoms with E-state index in [0.717, 1.165) is 24.8 Å². The Labute approximate surface area is 132 Å². The van der Waals surface area contributed by atoms with Crippen LogP contribution in [0.25, 0.3) is 0 Å². The largest absolute Gasteiger partial charge is 0.371 e. The van der Waals surface area contributed by atoms with Gasteiger partial charge in [0.25, 0.3) is 0 Å². The molecule has 1 fully saturated rings. The van der Waals surface area contributed by atoms with Crippen molar-refractivity contribution in [1.82, 2.24) is 20.4 Å². The highest BCUT2D eigenvalue weighted by atomic mass is 16.5. The molecule has 22 heavy (non-hydrogen) atoms. The molecule has 0 aromatic carbocycles. The fourth-order valence-electron chi connectivity index (χ4n) is 2.69. The Bertz CT molecular complexity index is 493. The molecular formula is C16H28N4O2. The van der Waals surface area contributed by atoms with Crippen LogP contribution < -0.4 is 10.6 Å². The summed E-state index contributed by atoms with van der Waals surface area (Å²) in [5, 5.41) is 10.1. The fraction of sp³-hybridized carbons (Fsp3) is 0.750. The maximum Gasteiger partial charge on any atom is 0.315 e. The Kier molecular flexibility index (Phi) is 5.45. The van der Waals surface area contributed by atoms with Gasteiger partial charge in [0, 0.05) is 32.0 Å². The number of urea groups is 1. The molecule has 1 saturated heterocycles. The summed E-state index contributed by atoms with van der Waals surface area (Å²) in [6.07, 6.45) is 6.55. The molecule has 1 aliphatic rings. The summed E-state index contributed by atoms with van der Waals surface area (Å²) in [5.41, 5.74) is 1.32. The standard InChI is InChI=1S/C16H28N4O2/c1-16(2,3)7-5-8-17-15(21)19-13-6-9-22-14(13)12-10-18-20(4)11-12/h10-11,13-14H,5-9H2,1-4H3,(H2,17,19,21)/t13-,14+/m0/s1. The number of rotatable bonds is 5. The molecule has 2 N–H and O–H groups in total. The second-order valence-electron chi connectivity index (χ2n) is 7.20. The van der Waals surface area contributed by atoms with E-state index >= 15 is 0 Å². The molecule has 2 amide bonds. The minimum atomic E-state index is -0.113. The van der Waals surface area contributed by atoms with E-state index in [1.807, 2.05) is 13.2 Å². The van der Waals surface area contributed by atoms with Crippen LogP contribution in [0, 0.1) is 5.41 Å². The average Bonchev–Trinajstić information content (AvgIpc) is 3.02. The number of amides is 2. The van der Waals surface area contributed by atoms with Gasteiger partial charge in [0.15, 0.2) is 0 Å². The van der Waals surface area contributed by atoms with Gasteiger partial charge in [-0.2, -0.15) is 5.10 Å². The molecule has 0 unspecified atom stereocenters. The normalized spacial score (nSPS) is 21.8. The Hall–Kier alpha value is -1.56. The number of hydrogen-bond acceptors (Lipinski definition) is 3. The summed E-state index contributed by atoms with van der Waals surface area (Å²) in [6, 6.07) is -0.106. The van der Waals surface area contributed by atoms with Crippen molar-refractivity contribution in [2.75, 3.05) is 13.2 Å². The number of carbonyl (C=O) groups is 1. The van der Waals surface area contributed by atoms with Crippen LogP contribution in [-0.4, -0.2) is 35.0 Å². The lowest BCUT2D eigenvalue weighted by Crippen LogP contribution is -2.43. The van der Waals surface area contributed by atoms with Gasteiger partial charge in [-0.1, -0.05) is 20.8 Å². The van der Waals surface area contributed by atoms with Gasteiger partial charge in [-0.25, -0.2) is 4.79 Å². The van der Waals surface area contributed by atoms with Gasteiger partial charge in [-0.3, -0.25) is 4.68 Å². The monoisotopic (exact) mass is 308 g/mol. The van der Waals surface area contributed by atoms with Crippen molar-refractivity contribution in [3.8, 4) is 0 Å². The topological polar surface area (TPSA) is 68.2 Å². The zero-order chi connectivity index (χ0) is 16.2. The lowest BCUT2D eigenvalue weighted by molar-refractivity contribution is 0.0998.